The van der Waals surface area contributed by atoms with Gasteiger partial charge in [0, 0.05) is 35.8 Å². The molecule has 1 aromatic carbocycles. The van der Waals surface area contributed by atoms with Crippen molar-refractivity contribution in [2.75, 3.05) is 13.2 Å². The first-order chi connectivity index (χ1) is 12.5. The molecule has 0 N–H and O–H groups in total. The van der Waals surface area contributed by atoms with Gasteiger partial charge in [-0.25, -0.2) is 23.7 Å². The zero-order valence-corrected chi connectivity index (χ0v) is 14.9. The Morgan fingerprint density at radius 1 is 1.00 bits per heavy atom. The van der Waals surface area contributed by atoms with E-state index in [0.717, 1.165) is 18.5 Å². The predicted molar refractivity (Wildman–Crippen MR) is 95.2 cm³/mol. The second-order valence-electron chi connectivity index (χ2n) is 6.36. The Morgan fingerprint density at radius 3 is 2.54 bits per heavy atom. The highest BCUT2D eigenvalue weighted by Crippen LogP contribution is 2.34. The molecular formula is C19H16ClF2N3O. The first-order valence-corrected chi connectivity index (χ1v) is 8.79. The fraction of sp³-hybridized carbons (Fsp3) is 0.316. The van der Waals surface area contributed by atoms with Crippen LogP contribution in [0.25, 0.3) is 22.3 Å². The summed E-state index contributed by atoms with van der Waals surface area (Å²) >= 11 is 5.69. The average molecular weight is 376 g/mol. The van der Waals surface area contributed by atoms with Gasteiger partial charge in [-0.3, -0.25) is 0 Å². The number of hydrogen-bond donors (Lipinski definition) is 0. The molecule has 1 aliphatic heterocycles. The molecule has 3 aromatic rings. The highest BCUT2D eigenvalue weighted by molar-refractivity contribution is 6.30. The standard InChI is InChI=1S/C19H16ClF2N3O/c1-10-2-3-13-17(12-4-5-14(20)16(22)15(12)21)24-18(25-19(13)23-10)11-6-8-26-9-7-11/h2-5,11H,6-9H2,1H3. The maximum absolute atomic E-state index is 14.6. The first-order valence-electron chi connectivity index (χ1n) is 8.41. The Hall–Kier alpha value is -2.18. The summed E-state index contributed by atoms with van der Waals surface area (Å²) in [5, 5.41) is 0.315. The van der Waals surface area contributed by atoms with Crippen LogP contribution in [0.4, 0.5) is 8.78 Å². The number of fused-ring (bicyclic) bond motifs is 1. The van der Waals surface area contributed by atoms with E-state index in [2.05, 4.69) is 15.0 Å². The van der Waals surface area contributed by atoms with Crippen molar-refractivity contribution in [1.82, 2.24) is 15.0 Å². The van der Waals surface area contributed by atoms with Crippen molar-refractivity contribution in [2.45, 2.75) is 25.7 Å². The van der Waals surface area contributed by atoms with Gasteiger partial charge < -0.3 is 4.74 Å². The molecule has 1 saturated heterocycles. The molecule has 2 aromatic heterocycles. The number of nitrogens with zero attached hydrogens (tertiary/aromatic N) is 3. The van der Waals surface area contributed by atoms with Crippen LogP contribution in [0.3, 0.4) is 0 Å². The van der Waals surface area contributed by atoms with E-state index >= 15 is 0 Å². The topological polar surface area (TPSA) is 47.9 Å². The Balaban J connectivity index is 1.96. The highest BCUT2D eigenvalue weighted by Gasteiger charge is 2.23. The number of halogens is 3. The summed E-state index contributed by atoms with van der Waals surface area (Å²) in [6.45, 7) is 3.12. The Kier molecular flexibility index (Phi) is 4.54. The van der Waals surface area contributed by atoms with Gasteiger partial charge in [0.15, 0.2) is 17.3 Å². The SMILES string of the molecule is Cc1ccc2c(-c3ccc(Cl)c(F)c3F)nc(C3CCOCC3)nc2n1. The number of aromatic nitrogens is 3. The molecule has 0 atom stereocenters. The zero-order valence-electron chi connectivity index (χ0n) is 14.1. The number of hydrogen-bond acceptors (Lipinski definition) is 4. The minimum atomic E-state index is -1.08. The summed E-state index contributed by atoms with van der Waals surface area (Å²) in [6, 6.07) is 6.36. The lowest BCUT2D eigenvalue weighted by Gasteiger charge is -2.21. The molecule has 134 valence electrons. The third kappa shape index (κ3) is 3.04. The van der Waals surface area contributed by atoms with Crippen LogP contribution in [-0.4, -0.2) is 28.2 Å². The maximum Gasteiger partial charge on any atom is 0.178 e. The van der Waals surface area contributed by atoms with E-state index in [0.29, 0.717) is 35.8 Å². The third-order valence-electron chi connectivity index (χ3n) is 4.59. The van der Waals surface area contributed by atoms with Gasteiger partial charge in [-0.05, 0) is 44.0 Å². The minimum absolute atomic E-state index is 0.0539. The lowest BCUT2D eigenvalue weighted by Crippen LogP contribution is -2.17. The molecule has 0 unspecified atom stereocenters. The lowest BCUT2D eigenvalue weighted by atomic mass is 9.98. The van der Waals surface area contributed by atoms with Crippen molar-refractivity contribution in [1.29, 1.82) is 0 Å². The average Bonchev–Trinajstić information content (AvgIpc) is 2.66. The summed E-state index contributed by atoms with van der Waals surface area (Å²) in [7, 11) is 0. The molecule has 26 heavy (non-hydrogen) atoms. The maximum atomic E-state index is 14.6. The van der Waals surface area contributed by atoms with Crippen LogP contribution >= 0.6 is 11.6 Å². The predicted octanol–water partition coefficient (Wildman–Crippen LogP) is 4.83. The second-order valence-corrected chi connectivity index (χ2v) is 6.77. The van der Waals surface area contributed by atoms with Gasteiger partial charge in [-0.15, -0.1) is 0 Å². The van der Waals surface area contributed by atoms with E-state index in [1.165, 1.54) is 12.1 Å². The molecule has 3 heterocycles. The molecule has 0 bridgehead atoms. The summed E-state index contributed by atoms with van der Waals surface area (Å²) in [6.07, 6.45) is 1.57. The van der Waals surface area contributed by atoms with Crippen molar-refractivity contribution in [3.05, 3.63) is 52.4 Å². The van der Waals surface area contributed by atoms with Gasteiger partial charge >= 0.3 is 0 Å². The summed E-state index contributed by atoms with van der Waals surface area (Å²) < 4.78 is 34.0. The molecule has 4 rings (SSSR count). The normalized spacial score (nSPS) is 15.5. The van der Waals surface area contributed by atoms with Crippen molar-refractivity contribution in [2.24, 2.45) is 0 Å². The van der Waals surface area contributed by atoms with Crippen LogP contribution in [0.15, 0.2) is 24.3 Å². The Morgan fingerprint density at radius 2 is 1.77 bits per heavy atom. The molecule has 0 spiro atoms. The highest BCUT2D eigenvalue weighted by atomic mass is 35.5. The third-order valence-corrected chi connectivity index (χ3v) is 4.88. The van der Waals surface area contributed by atoms with Gasteiger partial charge in [0.1, 0.15) is 5.82 Å². The van der Waals surface area contributed by atoms with E-state index in [4.69, 9.17) is 16.3 Å². The van der Waals surface area contributed by atoms with E-state index in [-0.39, 0.29) is 16.5 Å². The molecule has 7 heteroatoms. The van der Waals surface area contributed by atoms with Crippen molar-refractivity contribution >= 4 is 22.6 Å². The molecule has 1 aliphatic rings. The van der Waals surface area contributed by atoms with Gasteiger partial charge in [0.05, 0.1) is 10.7 Å². The fourth-order valence-electron chi connectivity index (χ4n) is 3.17. The van der Waals surface area contributed by atoms with Crippen LogP contribution in [0.5, 0.6) is 0 Å². The summed E-state index contributed by atoms with van der Waals surface area (Å²) in [5.41, 5.74) is 1.66. The largest absolute Gasteiger partial charge is 0.381 e. The van der Waals surface area contributed by atoms with Crippen LogP contribution < -0.4 is 0 Å². The van der Waals surface area contributed by atoms with Gasteiger partial charge in [-0.1, -0.05) is 11.6 Å². The lowest BCUT2D eigenvalue weighted by molar-refractivity contribution is 0.0836. The first kappa shape index (κ1) is 17.2. The van der Waals surface area contributed by atoms with Crippen LogP contribution in [0, 0.1) is 18.6 Å². The molecule has 0 aliphatic carbocycles. The van der Waals surface area contributed by atoms with Gasteiger partial charge in [0.25, 0.3) is 0 Å². The number of benzene rings is 1. The van der Waals surface area contributed by atoms with Gasteiger partial charge in [-0.2, -0.15) is 0 Å². The molecule has 4 nitrogen and oxygen atoms in total. The van der Waals surface area contributed by atoms with Gasteiger partial charge in [0.2, 0.25) is 0 Å². The Labute approximate surface area is 154 Å². The quantitative estimate of drug-likeness (QED) is 0.602. The van der Waals surface area contributed by atoms with E-state index in [9.17, 15) is 8.78 Å². The zero-order chi connectivity index (χ0) is 18.3. The molecule has 1 fully saturated rings. The van der Waals surface area contributed by atoms with Crippen LogP contribution in [-0.2, 0) is 4.74 Å². The summed E-state index contributed by atoms with van der Waals surface area (Å²) in [4.78, 5) is 13.7. The van der Waals surface area contributed by atoms with Crippen LogP contribution in [0.1, 0.15) is 30.3 Å². The smallest absolute Gasteiger partial charge is 0.178 e. The monoisotopic (exact) mass is 375 g/mol. The molecular weight excluding hydrogens is 360 g/mol. The number of ether oxygens (including phenoxy) is 1. The Bertz CT molecular complexity index is 990. The fourth-order valence-corrected chi connectivity index (χ4v) is 3.32. The van der Waals surface area contributed by atoms with E-state index in [1.807, 2.05) is 6.92 Å². The van der Waals surface area contributed by atoms with Crippen LogP contribution in [0.2, 0.25) is 5.02 Å². The van der Waals surface area contributed by atoms with Crippen molar-refractivity contribution in [3.8, 4) is 11.3 Å². The van der Waals surface area contributed by atoms with E-state index < -0.39 is 11.6 Å². The molecule has 0 radical (unpaired) electrons. The summed E-state index contributed by atoms with van der Waals surface area (Å²) in [5.74, 6) is -1.40. The number of aryl methyl sites for hydroxylation is 1. The number of rotatable bonds is 2. The minimum Gasteiger partial charge on any atom is -0.381 e. The van der Waals surface area contributed by atoms with Crippen molar-refractivity contribution < 1.29 is 13.5 Å². The molecule has 0 saturated carbocycles. The van der Waals surface area contributed by atoms with E-state index in [1.54, 1.807) is 12.1 Å². The van der Waals surface area contributed by atoms with Crippen molar-refractivity contribution in [3.63, 3.8) is 0 Å². The second kappa shape index (κ2) is 6.85. The number of pyridine rings is 1. The molecule has 0 amide bonds.